The number of aromatic nitrogens is 2. The third-order valence-electron chi connectivity index (χ3n) is 5.74. The van der Waals surface area contributed by atoms with Gasteiger partial charge < -0.3 is 14.7 Å². The molecule has 0 unspecified atom stereocenters. The van der Waals surface area contributed by atoms with Gasteiger partial charge in [-0.2, -0.15) is 0 Å². The highest BCUT2D eigenvalue weighted by Gasteiger charge is 2.43. The van der Waals surface area contributed by atoms with E-state index >= 15 is 0 Å². The number of aryl methyl sites for hydroxylation is 1. The third-order valence-corrected chi connectivity index (χ3v) is 5.74. The Bertz CT molecular complexity index is 1090. The zero-order valence-electron chi connectivity index (χ0n) is 15.7. The fraction of sp³-hybridized carbons (Fsp3) is 0.318. The van der Waals surface area contributed by atoms with E-state index in [-0.39, 0.29) is 11.2 Å². The van der Waals surface area contributed by atoms with E-state index in [1.807, 2.05) is 25.1 Å². The highest BCUT2D eigenvalue weighted by atomic mass is 16.5. The van der Waals surface area contributed by atoms with Crippen LogP contribution in [0.2, 0.25) is 0 Å². The van der Waals surface area contributed by atoms with Crippen molar-refractivity contribution < 1.29 is 14.6 Å². The minimum absolute atomic E-state index is 0.206. The Morgan fingerprint density at radius 2 is 2.00 bits per heavy atom. The molecular weight excluding hydrogens is 354 g/mol. The molecule has 1 fully saturated rings. The first-order valence-electron chi connectivity index (χ1n) is 9.57. The van der Waals surface area contributed by atoms with Gasteiger partial charge in [-0.1, -0.05) is 18.2 Å². The van der Waals surface area contributed by atoms with Crippen LogP contribution in [-0.2, 0) is 6.54 Å². The standard InChI is InChI=1S/C22H21N3O3/c1-14-23-18-8-7-15(21(26)27)11-17(18)20(24-14)25-12-16-5-2-3-6-19(16)28-22(13-25)9-4-10-22/h2-3,5-8,11H,4,9-10,12-13H2,1H3,(H,26,27). The molecule has 0 radical (unpaired) electrons. The van der Waals surface area contributed by atoms with E-state index in [9.17, 15) is 9.90 Å². The largest absolute Gasteiger partial charge is 0.485 e. The Morgan fingerprint density at radius 3 is 2.75 bits per heavy atom. The van der Waals surface area contributed by atoms with E-state index in [1.54, 1.807) is 18.2 Å². The topological polar surface area (TPSA) is 75.6 Å². The van der Waals surface area contributed by atoms with E-state index in [4.69, 9.17) is 9.72 Å². The molecule has 6 heteroatoms. The van der Waals surface area contributed by atoms with Crippen molar-refractivity contribution in [3.05, 3.63) is 59.4 Å². The predicted octanol–water partition coefficient (Wildman–Crippen LogP) is 3.96. The summed E-state index contributed by atoms with van der Waals surface area (Å²) in [6.45, 7) is 3.26. The SMILES string of the molecule is Cc1nc(N2Cc3ccccc3OC3(CCC3)C2)c2cc(C(=O)O)ccc2n1. The summed E-state index contributed by atoms with van der Waals surface area (Å²) in [5, 5.41) is 10.2. The number of aromatic carboxylic acids is 1. The van der Waals surface area contributed by atoms with Gasteiger partial charge in [0.2, 0.25) is 0 Å². The molecule has 6 nitrogen and oxygen atoms in total. The predicted molar refractivity (Wildman–Crippen MR) is 106 cm³/mol. The van der Waals surface area contributed by atoms with Crippen molar-refractivity contribution >= 4 is 22.7 Å². The van der Waals surface area contributed by atoms with Crippen LogP contribution in [0.4, 0.5) is 5.82 Å². The summed E-state index contributed by atoms with van der Waals surface area (Å²) < 4.78 is 6.46. The average molecular weight is 375 g/mol. The first-order valence-corrected chi connectivity index (χ1v) is 9.57. The molecule has 3 aromatic rings. The maximum Gasteiger partial charge on any atom is 0.335 e. The summed E-state index contributed by atoms with van der Waals surface area (Å²) >= 11 is 0. The van der Waals surface area contributed by atoms with Gasteiger partial charge in [0.25, 0.3) is 0 Å². The van der Waals surface area contributed by atoms with Gasteiger partial charge >= 0.3 is 5.97 Å². The summed E-state index contributed by atoms with van der Waals surface area (Å²) in [6, 6.07) is 13.2. The molecule has 0 saturated heterocycles. The van der Waals surface area contributed by atoms with Gasteiger partial charge in [-0.05, 0) is 50.5 Å². The normalized spacial score (nSPS) is 17.5. The zero-order valence-corrected chi connectivity index (χ0v) is 15.7. The van der Waals surface area contributed by atoms with Crippen molar-refractivity contribution in [2.75, 3.05) is 11.4 Å². The van der Waals surface area contributed by atoms with Gasteiger partial charge in [0.15, 0.2) is 0 Å². The van der Waals surface area contributed by atoms with Crippen LogP contribution in [-0.4, -0.2) is 33.2 Å². The van der Waals surface area contributed by atoms with Crippen LogP contribution < -0.4 is 9.64 Å². The summed E-state index contributed by atoms with van der Waals surface area (Å²) in [5.74, 6) is 1.43. The lowest BCUT2D eigenvalue weighted by atomic mass is 9.79. The maximum absolute atomic E-state index is 11.5. The number of fused-ring (bicyclic) bond motifs is 2. The van der Waals surface area contributed by atoms with Crippen molar-refractivity contribution in [2.45, 2.75) is 38.3 Å². The number of hydrogen-bond acceptors (Lipinski definition) is 5. The quantitative estimate of drug-likeness (QED) is 0.731. The lowest BCUT2D eigenvalue weighted by Gasteiger charge is -2.43. The van der Waals surface area contributed by atoms with E-state index in [2.05, 4.69) is 16.0 Å². The summed E-state index contributed by atoms with van der Waals surface area (Å²) in [5.41, 5.74) is 1.91. The van der Waals surface area contributed by atoms with Crippen LogP contribution in [0.3, 0.4) is 0 Å². The Hall–Kier alpha value is -3.15. The number of anilines is 1. The number of nitrogens with zero attached hydrogens (tertiary/aromatic N) is 3. The Balaban J connectivity index is 1.68. The smallest absolute Gasteiger partial charge is 0.335 e. The monoisotopic (exact) mass is 375 g/mol. The van der Waals surface area contributed by atoms with Gasteiger partial charge in [0.05, 0.1) is 17.6 Å². The highest BCUT2D eigenvalue weighted by molar-refractivity contribution is 5.97. The van der Waals surface area contributed by atoms with Crippen LogP contribution in [0.25, 0.3) is 10.9 Å². The molecule has 1 aliphatic carbocycles. The van der Waals surface area contributed by atoms with Gasteiger partial charge in [-0.15, -0.1) is 0 Å². The molecule has 1 N–H and O–H groups in total. The van der Waals surface area contributed by atoms with Gasteiger partial charge in [-0.25, -0.2) is 14.8 Å². The fourth-order valence-corrected chi connectivity index (χ4v) is 4.19. The molecule has 1 aliphatic heterocycles. The third kappa shape index (κ3) is 2.76. The van der Waals surface area contributed by atoms with Crippen LogP contribution in [0.1, 0.15) is 41.0 Å². The van der Waals surface area contributed by atoms with Crippen LogP contribution in [0.15, 0.2) is 42.5 Å². The lowest BCUT2D eigenvalue weighted by Crippen LogP contribution is -2.51. The fourth-order valence-electron chi connectivity index (χ4n) is 4.19. The van der Waals surface area contributed by atoms with E-state index in [0.717, 1.165) is 53.8 Å². The van der Waals surface area contributed by atoms with E-state index < -0.39 is 5.97 Å². The molecule has 0 amide bonds. The highest BCUT2D eigenvalue weighted by Crippen LogP contribution is 2.42. The van der Waals surface area contributed by atoms with Crippen molar-refractivity contribution in [3.8, 4) is 5.75 Å². The molecule has 5 rings (SSSR count). The molecular formula is C22H21N3O3. The van der Waals surface area contributed by atoms with E-state index in [0.29, 0.717) is 12.4 Å². The molecule has 2 aromatic carbocycles. The second-order valence-corrected chi connectivity index (χ2v) is 7.73. The van der Waals surface area contributed by atoms with Crippen LogP contribution in [0, 0.1) is 6.92 Å². The second kappa shape index (κ2) is 6.19. The van der Waals surface area contributed by atoms with Crippen molar-refractivity contribution in [2.24, 2.45) is 0 Å². The summed E-state index contributed by atoms with van der Waals surface area (Å²) in [7, 11) is 0. The maximum atomic E-state index is 11.5. The summed E-state index contributed by atoms with van der Waals surface area (Å²) in [6.07, 6.45) is 3.18. The molecule has 0 atom stereocenters. The van der Waals surface area contributed by atoms with Gasteiger partial charge in [-0.3, -0.25) is 0 Å². The molecule has 0 bridgehead atoms. The van der Waals surface area contributed by atoms with Crippen LogP contribution >= 0.6 is 0 Å². The Labute approximate surface area is 162 Å². The number of carboxylic acid groups (broad SMARTS) is 1. The molecule has 1 spiro atoms. The van der Waals surface area contributed by atoms with Crippen molar-refractivity contribution in [1.82, 2.24) is 9.97 Å². The number of benzene rings is 2. The van der Waals surface area contributed by atoms with Crippen molar-refractivity contribution in [3.63, 3.8) is 0 Å². The molecule has 2 aliphatic rings. The molecule has 1 saturated carbocycles. The van der Waals surface area contributed by atoms with E-state index in [1.165, 1.54) is 0 Å². The average Bonchev–Trinajstić information content (AvgIpc) is 2.84. The minimum atomic E-state index is -0.951. The molecule has 28 heavy (non-hydrogen) atoms. The molecule has 142 valence electrons. The number of carbonyl (C=O) groups is 1. The van der Waals surface area contributed by atoms with Gasteiger partial charge in [0.1, 0.15) is 23.0 Å². The minimum Gasteiger partial charge on any atom is -0.485 e. The summed E-state index contributed by atoms with van der Waals surface area (Å²) in [4.78, 5) is 23.0. The number of ether oxygens (including phenoxy) is 1. The zero-order chi connectivity index (χ0) is 19.3. The second-order valence-electron chi connectivity index (χ2n) is 7.73. The Morgan fingerprint density at radius 1 is 1.18 bits per heavy atom. The Kier molecular flexibility index (Phi) is 3.75. The number of hydrogen-bond donors (Lipinski definition) is 1. The van der Waals surface area contributed by atoms with Crippen molar-refractivity contribution in [1.29, 1.82) is 0 Å². The number of rotatable bonds is 2. The first kappa shape index (κ1) is 17.0. The number of para-hydroxylation sites is 1. The molecule has 1 aromatic heterocycles. The lowest BCUT2D eigenvalue weighted by molar-refractivity contribution is 0.00331. The van der Waals surface area contributed by atoms with Crippen LogP contribution in [0.5, 0.6) is 5.75 Å². The van der Waals surface area contributed by atoms with Gasteiger partial charge in [0, 0.05) is 17.5 Å². The number of carboxylic acids is 1. The first-order chi connectivity index (χ1) is 13.5. The molecule has 2 heterocycles.